The average Bonchev–Trinajstić information content (AvgIpc) is 2.89. The van der Waals surface area contributed by atoms with E-state index < -0.39 is 5.97 Å². The van der Waals surface area contributed by atoms with Gasteiger partial charge in [0.15, 0.2) is 0 Å². The molecule has 0 bridgehead atoms. The molecule has 1 N–H and O–H groups in total. The number of hydrogen-bond donors (Lipinski definition) is 1. The molecule has 19 heavy (non-hydrogen) atoms. The first-order chi connectivity index (χ1) is 9.11. The number of aliphatic carboxylic acids is 1. The van der Waals surface area contributed by atoms with Gasteiger partial charge in [-0.3, -0.25) is 4.79 Å². The molecule has 0 spiro atoms. The molecule has 0 heterocycles. The fourth-order valence-corrected chi connectivity index (χ4v) is 2.74. The van der Waals surface area contributed by atoms with Gasteiger partial charge in [0.2, 0.25) is 0 Å². The van der Waals surface area contributed by atoms with Crippen LogP contribution in [0.1, 0.15) is 36.8 Å². The van der Waals surface area contributed by atoms with Gasteiger partial charge in [0.25, 0.3) is 0 Å². The van der Waals surface area contributed by atoms with E-state index in [4.69, 9.17) is 10.4 Å². The van der Waals surface area contributed by atoms with Crippen molar-refractivity contribution in [1.82, 2.24) is 0 Å². The standard InChI is InChI=1S/C15H18N2O2/c1-11-8-14(7-6-12(11)9-16)17(10-15(18)19)13-4-2-3-5-13/h6-8,13H,2-5,10H2,1H3,(H,18,19). The zero-order chi connectivity index (χ0) is 13.8. The van der Waals surface area contributed by atoms with Gasteiger partial charge in [0, 0.05) is 11.7 Å². The highest BCUT2D eigenvalue weighted by Crippen LogP contribution is 2.29. The Morgan fingerprint density at radius 3 is 2.68 bits per heavy atom. The van der Waals surface area contributed by atoms with Crippen LogP contribution in [0.15, 0.2) is 18.2 Å². The van der Waals surface area contributed by atoms with Gasteiger partial charge in [-0.15, -0.1) is 0 Å². The first kappa shape index (κ1) is 13.4. The minimum Gasteiger partial charge on any atom is -0.480 e. The predicted molar refractivity (Wildman–Crippen MR) is 73.1 cm³/mol. The van der Waals surface area contributed by atoms with Gasteiger partial charge in [0.1, 0.15) is 6.54 Å². The predicted octanol–water partition coefficient (Wildman–Crippen LogP) is 2.70. The molecule has 0 radical (unpaired) electrons. The summed E-state index contributed by atoms with van der Waals surface area (Å²) in [6, 6.07) is 7.99. The van der Waals surface area contributed by atoms with Crippen molar-refractivity contribution in [2.45, 2.75) is 38.6 Å². The van der Waals surface area contributed by atoms with Crippen LogP contribution in [0.25, 0.3) is 0 Å². The number of nitrogens with zero attached hydrogens (tertiary/aromatic N) is 2. The summed E-state index contributed by atoms with van der Waals surface area (Å²) in [5, 5.41) is 18.0. The molecule has 1 saturated carbocycles. The van der Waals surface area contributed by atoms with Gasteiger partial charge in [-0.25, -0.2) is 0 Å². The van der Waals surface area contributed by atoms with E-state index in [1.807, 2.05) is 24.0 Å². The number of nitriles is 1. The molecule has 0 amide bonds. The van der Waals surface area contributed by atoms with E-state index in [-0.39, 0.29) is 6.54 Å². The first-order valence-corrected chi connectivity index (χ1v) is 6.61. The van der Waals surface area contributed by atoms with E-state index in [2.05, 4.69) is 6.07 Å². The van der Waals surface area contributed by atoms with Crippen LogP contribution in [0.4, 0.5) is 5.69 Å². The van der Waals surface area contributed by atoms with Crippen LogP contribution in [-0.4, -0.2) is 23.7 Å². The molecule has 0 unspecified atom stereocenters. The van der Waals surface area contributed by atoms with Crippen molar-refractivity contribution < 1.29 is 9.90 Å². The fourth-order valence-electron chi connectivity index (χ4n) is 2.74. The molecule has 0 saturated heterocycles. The lowest BCUT2D eigenvalue weighted by atomic mass is 10.1. The Labute approximate surface area is 113 Å². The number of carboxylic acids is 1. The van der Waals surface area contributed by atoms with Crippen LogP contribution in [0, 0.1) is 18.3 Å². The van der Waals surface area contributed by atoms with Crippen molar-refractivity contribution in [1.29, 1.82) is 5.26 Å². The Kier molecular flexibility index (Phi) is 4.06. The Hall–Kier alpha value is -2.02. The van der Waals surface area contributed by atoms with Crippen LogP contribution >= 0.6 is 0 Å². The second-order valence-electron chi connectivity index (χ2n) is 5.07. The third kappa shape index (κ3) is 3.05. The zero-order valence-electron chi connectivity index (χ0n) is 11.1. The van der Waals surface area contributed by atoms with Crippen LogP contribution in [0.3, 0.4) is 0 Å². The van der Waals surface area contributed by atoms with Crippen LogP contribution in [0.2, 0.25) is 0 Å². The lowest BCUT2D eigenvalue weighted by Crippen LogP contribution is -2.37. The van der Waals surface area contributed by atoms with Gasteiger partial charge in [-0.2, -0.15) is 5.26 Å². The van der Waals surface area contributed by atoms with Gasteiger partial charge >= 0.3 is 5.97 Å². The Bertz CT molecular complexity index is 513. The van der Waals surface area contributed by atoms with E-state index >= 15 is 0 Å². The number of hydrogen-bond acceptors (Lipinski definition) is 3. The normalized spacial score (nSPS) is 15.2. The minimum atomic E-state index is -0.811. The summed E-state index contributed by atoms with van der Waals surface area (Å²) in [4.78, 5) is 13.0. The molecular weight excluding hydrogens is 240 g/mol. The summed E-state index contributed by atoms with van der Waals surface area (Å²) < 4.78 is 0. The maximum absolute atomic E-state index is 11.1. The number of anilines is 1. The number of rotatable bonds is 4. The highest BCUT2D eigenvalue weighted by atomic mass is 16.4. The van der Waals surface area contributed by atoms with Crippen molar-refractivity contribution in [3.63, 3.8) is 0 Å². The van der Waals surface area contributed by atoms with Gasteiger partial charge in [0.05, 0.1) is 11.6 Å². The van der Waals surface area contributed by atoms with Crippen LogP contribution in [-0.2, 0) is 4.79 Å². The Balaban J connectivity index is 2.29. The summed E-state index contributed by atoms with van der Waals surface area (Å²) in [5.74, 6) is -0.811. The van der Waals surface area contributed by atoms with E-state index in [1.54, 1.807) is 6.07 Å². The Morgan fingerprint density at radius 2 is 2.16 bits per heavy atom. The molecule has 0 aliphatic heterocycles. The third-order valence-electron chi connectivity index (χ3n) is 3.73. The summed E-state index contributed by atoms with van der Waals surface area (Å²) in [7, 11) is 0. The van der Waals surface area contributed by atoms with Gasteiger partial charge in [-0.05, 0) is 43.5 Å². The maximum atomic E-state index is 11.1. The smallest absolute Gasteiger partial charge is 0.323 e. The SMILES string of the molecule is Cc1cc(N(CC(=O)O)C2CCCC2)ccc1C#N. The minimum absolute atomic E-state index is 0.0238. The largest absolute Gasteiger partial charge is 0.480 e. The summed E-state index contributed by atoms with van der Waals surface area (Å²) in [6.45, 7) is 1.91. The molecule has 1 aliphatic rings. The average molecular weight is 258 g/mol. The molecule has 4 heteroatoms. The highest BCUT2D eigenvalue weighted by Gasteiger charge is 2.24. The summed E-state index contributed by atoms with van der Waals surface area (Å²) in [5.41, 5.74) is 2.45. The molecule has 2 rings (SSSR count). The van der Waals surface area contributed by atoms with Crippen LogP contribution < -0.4 is 4.90 Å². The monoisotopic (exact) mass is 258 g/mol. The molecule has 0 aromatic heterocycles. The molecule has 1 aromatic rings. The number of carbonyl (C=O) groups is 1. The van der Waals surface area contributed by atoms with E-state index in [9.17, 15) is 4.79 Å². The van der Waals surface area contributed by atoms with Crippen molar-refractivity contribution in [3.8, 4) is 6.07 Å². The molecule has 4 nitrogen and oxygen atoms in total. The number of carboxylic acid groups (broad SMARTS) is 1. The molecular formula is C15H18N2O2. The van der Waals surface area contributed by atoms with Crippen molar-refractivity contribution in [2.24, 2.45) is 0 Å². The lowest BCUT2D eigenvalue weighted by Gasteiger charge is -2.30. The number of aryl methyl sites for hydroxylation is 1. The molecule has 0 atom stereocenters. The zero-order valence-corrected chi connectivity index (χ0v) is 11.1. The molecule has 1 fully saturated rings. The van der Waals surface area contributed by atoms with Crippen LogP contribution in [0.5, 0.6) is 0 Å². The number of benzene rings is 1. The van der Waals surface area contributed by atoms with Crippen molar-refractivity contribution in [2.75, 3.05) is 11.4 Å². The topological polar surface area (TPSA) is 64.3 Å². The van der Waals surface area contributed by atoms with Crippen molar-refractivity contribution >= 4 is 11.7 Å². The van der Waals surface area contributed by atoms with E-state index in [1.165, 1.54) is 0 Å². The lowest BCUT2D eigenvalue weighted by molar-refractivity contribution is -0.135. The second kappa shape index (κ2) is 5.75. The summed E-state index contributed by atoms with van der Waals surface area (Å²) in [6.07, 6.45) is 4.42. The Morgan fingerprint density at radius 1 is 1.47 bits per heavy atom. The van der Waals surface area contributed by atoms with E-state index in [0.29, 0.717) is 11.6 Å². The highest BCUT2D eigenvalue weighted by molar-refractivity contribution is 5.74. The second-order valence-corrected chi connectivity index (χ2v) is 5.07. The quantitative estimate of drug-likeness (QED) is 0.901. The molecule has 1 aliphatic carbocycles. The third-order valence-corrected chi connectivity index (χ3v) is 3.73. The molecule has 100 valence electrons. The summed E-state index contributed by atoms with van der Waals surface area (Å²) >= 11 is 0. The van der Waals surface area contributed by atoms with Gasteiger partial charge < -0.3 is 10.0 Å². The van der Waals surface area contributed by atoms with Crippen molar-refractivity contribution in [3.05, 3.63) is 29.3 Å². The van der Waals surface area contributed by atoms with Gasteiger partial charge in [-0.1, -0.05) is 12.8 Å². The maximum Gasteiger partial charge on any atom is 0.323 e. The molecule has 1 aromatic carbocycles. The van der Waals surface area contributed by atoms with E-state index in [0.717, 1.165) is 36.9 Å². The fraction of sp³-hybridized carbons (Fsp3) is 0.467. The first-order valence-electron chi connectivity index (χ1n) is 6.61.